The van der Waals surface area contributed by atoms with Crippen molar-refractivity contribution in [3.8, 4) is 0 Å². The van der Waals surface area contributed by atoms with Gasteiger partial charge in [0.05, 0.1) is 11.5 Å². The van der Waals surface area contributed by atoms with E-state index < -0.39 is 0 Å². The first-order chi connectivity index (χ1) is 5.24. The van der Waals surface area contributed by atoms with E-state index in [-0.39, 0.29) is 0 Å². The molecule has 0 spiro atoms. The van der Waals surface area contributed by atoms with E-state index in [1.165, 1.54) is 6.20 Å². The monoisotopic (exact) mass is 153 g/mol. The molecule has 0 aliphatic heterocycles. The Morgan fingerprint density at radius 1 is 1.55 bits per heavy atom. The van der Waals surface area contributed by atoms with Crippen molar-refractivity contribution in [1.82, 2.24) is 0 Å². The second kappa shape index (κ2) is 5.53. The summed E-state index contributed by atoms with van der Waals surface area (Å²) in [5, 5.41) is 0. The van der Waals surface area contributed by atoms with Gasteiger partial charge in [-0.2, -0.15) is 0 Å². The minimum absolute atomic E-state index is 0.597. The summed E-state index contributed by atoms with van der Waals surface area (Å²) in [7, 11) is 0. The van der Waals surface area contributed by atoms with Gasteiger partial charge in [-0.25, -0.2) is 4.99 Å². The van der Waals surface area contributed by atoms with E-state index in [1.54, 1.807) is 0 Å². The molecule has 0 fully saturated rings. The zero-order valence-electron chi connectivity index (χ0n) is 7.04. The van der Waals surface area contributed by atoms with Crippen LogP contribution in [0.5, 0.6) is 0 Å². The van der Waals surface area contributed by atoms with Crippen LogP contribution in [-0.4, -0.2) is 5.84 Å². The zero-order valence-corrected chi connectivity index (χ0v) is 7.04. The quantitative estimate of drug-likeness (QED) is 0.362. The number of hydrogen-bond donors (Lipinski definition) is 2. The fourth-order valence-electron chi connectivity index (χ4n) is 0.546. The Hall–Kier alpha value is -1.25. The van der Waals surface area contributed by atoms with Gasteiger partial charge < -0.3 is 11.5 Å². The van der Waals surface area contributed by atoms with Crippen LogP contribution < -0.4 is 11.5 Å². The van der Waals surface area contributed by atoms with Crippen molar-refractivity contribution in [1.29, 1.82) is 0 Å². The third kappa shape index (κ3) is 4.19. The summed E-state index contributed by atoms with van der Waals surface area (Å²) in [6.07, 6.45) is 5.85. The van der Waals surface area contributed by atoms with E-state index >= 15 is 0 Å². The minimum atomic E-state index is 0.597. The first-order valence-electron chi connectivity index (χ1n) is 3.62. The van der Waals surface area contributed by atoms with E-state index in [9.17, 15) is 0 Å². The highest BCUT2D eigenvalue weighted by molar-refractivity contribution is 5.81. The molecule has 0 bridgehead atoms. The topological polar surface area (TPSA) is 64.4 Å². The fourth-order valence-corrected chi connectivity index (χ4v) is 0.546. The van der Waals surface area contributed by atoms with Gasteiger partial charge in [-0.15, -0.1) is 0 Å². The van der Waals surface area contributed by atoms with Crippen molar-refractivity contribution < 1.29 is 0 Å². The summed E-state index contributed by atoms with van der Waals surface area (Å²) in [6, 6.07) is 0. The normalized spacial score (nSPS) is 14.4. The van der Waals surface area contributed by atoms with Crippen LogP contribution >= 0.6 is 0 Å². The SMILES string of the molecule is C/C=C\C(=C/N)N=C(N)CC. The van der Waals surface area contributed by atoms with Gasteiger partial charge in [-0.05, 0) is 13.0 Å². The van der Waals surface area contributed by atoms with Crippen molar-refractivity contribution in [2.75, 3.05) is 0 Å². The van der Waals surface area contributed by atoms with Crippen molar-refractivity contribution in [3.05, 3.63) is 24.0 Å². The summed E-state index contributed by atoms with van der Waals surface area (Å²) in [5.74, 6) is 0.597. The van der Waals surface area contributed by atoms with Crippen LogP contribution in [-0.2, 0) is 0 Å². The number of nitrogens with zero attached hydrogens (tertiary/aromatic N) is 1. The summed E-state index contributed by atoms with van der Waals surface area (Å²) in [5.41, 5.74) is 11.5. The Balaban J connectivity index is 4.31. The molecule has 0 radical (unpaired) electrons. The second-order valence-electron chi connectivity index (χ2n) is 2.05. The van der Waals surface area contributed by atoms with Crippen LogP contribution in [0.15, 0.2) is 29.0 Å². The summed E-state index contributed by atoms with van der Waals surface area (Å²) in [6.45, 7) is 3.85. The van der Waals surface area contributed by atoms with Crippen molar-refractivity contribution in [2.45, 2.75) is 20.3 Å². The lowest BCUT2D eigenvalue weighted by Gasteiger charge is -1.95. The Labute approximate surface area is 67.5 Å². The lowest BCUT2D eigenvalue weighted by Crippen LogP contribution is -2.09. The van der Waals surface area contributed by atoms with Gasteiger partial charge in [0.15, 0.2) is 0 Å². The van der Waals surface area contributed by atoms with Crippen LogP contribution in [0.3, 0.4) is 0 Å². The van der Waals surface area contributed by atoms with E-state index in [0.717, 1.165) is 6.42 Å². The van der Waals surface area contributed by atoms with Crippen molar-refractivity contribution >= 4 is 5.84 Å². The lowest BCUT2D eigenvalue weighted by atomic mass is 10.4. The van der Waals surface area contributed by atoms with Crippen molar-refractivity contribution in [3.63, 3.8) is 0 Å². The Morgan fingerprint density at radius 2 is 2.18 bits per heavy atom. The van der Waals surface area contributed by atoms with Gasteiger partial charge in [0.25, 0.3) is 0 Å². The predicted molar refractivity (Wildman–Crippen MR) is 49.0 cm³/mol. The molecule has 62 valence electrons. The molecule has 3 nitrogen and oxygen atoms in total. The highest BCUT2D eigenvalue weighted by atomic mass is 14.9. The van der Waals surface area contributed by atoms with Gasteiger partial charge >= 0.3 is 0 Å². The summed E-state index contributed by atoms with van der Waals surface area (Å²) >= 11 is 0. The third-order valence-electron chi connectivity index (χ3n) is 1.14. The van der Waals surface area contributed by atoms with Gasteiger partial charge in [-0.1, -0.05) is 13.0 Å². The van der Waals surface area contributed by atoms with Crippen LogP contribution in [0, 0.1) is 0 Å². The number of rotatable bonds is 3. The van der Waals surface area contributed by atoms with Gasteiger partial charge in [0, 0.05) is 12.6 Å². The average molecular weight is 153 g/mol. The van der Waals surface area contributed by atoms with Gasteiger partial charge in [-0.3, -0.25) is 0 Å². The van der Waals surface area contributed by atoms with E-state index in [0.29, 0.717) is 11.5 Å². The molecule has 11 heavy (non-hydrogen) atoms. The molecular weight excluding hydrogens is 138 g/mol. The van der Waals surface area contributed by atoms with Gasteiger partial charge in [0.1, 0.15) is 0 Å². The molecule has 0 saturated carbocycles. The number of hydrogen-bond acceptors (Lipinski definition) is 2. The summed E-state index contributed by atoms with van der Waals surface area (Å²) in [4.78, 5) is 4.05. The molecule has 0 atom stereocenters. The predicted octanol–water partition coefficient (Wildman–Crippen LogP) is 1.13. The number of amidine groups is 1. The maximum atomic E-state index is 5.50. The standard InChI is InChI=1S/C8H15N3/c1-3-5-7(6-9)11-8(10)4-2/h3,5-6H,4,9H2,1-2H3,(H2,10,11)/b5-3-,7-6+. The first kappa shape index (κ1) is 9.75. The van der Waals surface area contributed by atoms with E-state index in [4.69, 9.17) is 11.5 Å². The zero-order chi connectivity index (χ0) is 8.69. The molecule has 0 aliphatic rings. The van der Waals surface area contributed by atoms with Crippen LogP contribution in [0.25, 0.3) is 0 Å². The van der Waals surface area contributed by atoms with Crippen LogP contribution in [0.4, 0.5) is 0 Å². The first-order valence-corrected chi connectivity index (χ1v) is 3.62. The molecule has 0 rings (SSSR count). The molecule has 0 saturated heterocycles. The molecule has 0 aliphatic carbocycles. The van der Waals surface area contributed by atoms with Gasteiger partial charge in [0.2, 0.25) is 0 Å². The van der Waals surface area contributed by atoms with Crippen molar-refractivity contribution in [2.24, 2.45) is 16.5 Å². The largest absolute Gasteiger partial charge is 0.403 e. The Kier molecular flexibility index (Phi) is 4.90. The maximum absolute atomic E-state index is 5.50. The third-order valence-corrected chi connectivity index (χ3v) is 1.14. The Bertz CT molecular complexity index is 190. The maximum Gasteiger partial charge on any atom is 0.0994 e. The average Bonchev–Trinajstić information content (AvgIpc) is 2.03. The molecule has 0 aromatic rings. The number of nitrogens with two attached hydrogens (primary N) is 2. The second-order valence-corrected chi connectivity index (χ2v) is 2.05. The highest BCUT2D eigenvalue weighted by Gasteiger charge is 1.88. The van der Waals surface area contributed by atoms with E-state index in [1.807, 2.05) is 26.0 Å². The number of allylic oxidation sites excluding steroid dienone is 2. The molecule has 0 amide bonds. The van der Waals surface area contributed by atoms with Crippen LogP contribution in [0.1, 0.15) is 20.3 Å². The molecular formula is C8H15N3. The highest BCUT2D eigenvalue weighted by Crippen LogP contribution is 1.97. The molecule has 0 heterocycles. The smallest absolute Gasteiger partial charge is 0.0994 e. The molecule has 4 N–H and O–H groups in total. The molecule has 0 unspecified atom stereocenters. The fraction of sp³-hybridized carbons (Fsp3) is 0.375. The molecule has 3 heteroatoms. The lowest BCUT2D eigenvalue weighted by molar-refractivity contribution is 1.21. The van der Waals surface area contributed by atoms with E-state index in [2.05, 4.69) is 4.99 Å². The Morgan fingerprint density at radius 3 is 2.55 bits per heavy atom. The molecule has 0 aromatic heterocycles. The number of aliphatic imine (C=N–C) groups is 1. The minimum Gasteiger partial charge on any atom is -0.403 e. The summed E-state index contributed by atoms with van der Waals surface area (Å²) < 4.78 is 0. The van der Waals surface area contributed by atoms with Crippen LogP contribution in [0.2, 0.25) is 0 Å². The molecule has 0 aromatic carbocycles.